The Hall–Kier alpha value is -2.47. The average Bonchev–Trinajstić information content (AvgIpc) is 3.22. The van der Waals surface area contributed by atoms with Crippen molar-refractivity contribution >= 4 is 22.4 Å². The molecule has 0 bridgehead atoms. The van der Waals surface area contributed by atoms with Gasteiger partial charge in [-0.1, -0.05) is 44.2 Å². The predicted octanol–water partition coefficient (Wildman–Crippen LogP) is 4.40. The van der Waals surface area contributed by atoms with Crippen molar-refractivity contribution in [2.45, 2.75) is 33.2 Å². The number of carbonyl (C=O) groups is 1. The first kappa shape index (κ1) is 16.4. The Labute approximate surface area is 145 Å². The maximum Gasteiger partial charge on any atom is 0.260 e. The molecule has 0 unspecified atom stereocenters. The predicted molar refractivity (Wildman–Crippen MR) is 97.5 cm³/mol. The molecule has 6 heteroatoms. The summed E-state index contributed by atoms with van der Waals surface area (Å²) >= 11 is 1.53. The molecule has 0 aliphatic heterocycles. The Morgan fingerprint density at radius 1 is 1.29 bits per heavy atom. The molecule has 24 heavy (non-hydrogen) atoms. The minimum atomic E-state index is -0.182. The third kappa shape index (κ3) is 3.38. The molecule has 1 amide bonds. The fourth-order valence-corrected chi connectivity index (χ4v) is 3.39. The molecule has 0 fully saturated rings. The standard InChI is InChI=1S/C18H20N4OS/c1-4-22-11-14(10-19-22)17(23)21-18-20-15(16(24-18)12(2)3)13-8-6-5-7-9-13/h5-12H,4H2,1-3H3,(H,20,21,23). The van der Waals surface area contributed by atoms with Gasteiger partial charge in [-0.15, -0.1) is 11.3 Å². The number of nitrogens with zero attached hydrogens (tertiary/aromatic N) is 3. The van der Waals surface area contributed by atoms with E-state index in [0.717, 1.165) is 17.8 Å². The van der Waals surface area contributed by atoms with Crippen LogP contribution in [0.2, 0.25) is 0 Å². The normalized spacial score (nSPS) is 11.0. The van der Waals surface area contributed by atoms with E-state index in [-0.39, 0.29) is 5.91 Å². The summed E-state index contributed by atoms with van der Waals surface area (Å²) < 4.78 is 1.73. The molecule has 0 aliphatic rings. The highest BCUT2D eigenvalue weighted by molar-refractivity contribution is 7.16. The van der Waals surface area contributed by atoms with Crippen LogP contribution in [0.5, 0.6) is 0 Å². The number of hydrogen-bond donors (Lipinski definition) is 1. The number of anilines is 1. The molecule has 0 saturated carbocycles. The molecule has 3 aromatic rings. The number of nitrogens with one attached hydrogen (secondary N) is 1. The summed E-state index contributed by atoms with van der Waals surface area (Å²) in [5.41, 5.74) is 2.55. The van der Waals surface area contributed by atoms with E-state index in [4.69, 9.17) is 0 Å². The lowest BCUT2D eigenvalue weighted by atomic mass is 10.1. The molecule has 0 saturated heterocycles. The smallest absolute Gasteiger partial charge is 0.260 e. The van der Waals surface area contributed by atoms with E-state index in [1.165, 1.54) is 16.2 Å². The van der Waals surface area contributed by atoms with Crippen molar-refractivity contribution in [3.8, 4) is 11.3 Å². The highest BCUT2D eigenvalue weighted by atomic mass is 32.1. The fourth-order valence-electron chi connectivity index (χ4n) is 2.40. The Kier molecular flexibility index (Phi) is 4.76. The largest absolute Gasteiger partial charge is 0.298 e. The third-order valence-corrected chi connectivity index (χ3v) is 4.94. The number of aromatic nitrogens is 3. The number of benzene rings is 1. The van der Waals surface area contributed by atoms with Crippen LogP contribution in [-0.4, -0.2) is 20.7 Å². The van der Waals surface area contributed by atoms with Gasteiger partial charge < -0.3 is 0 Å². The quantitative estimate of drug-likeness (QED) is 0.749. The number of rotatable bonds is 5. The van der Waals surface area contributed by atoms with Crippen molar-refractivity contribution in [1.29, 1.82) is 0 Å². The Balaban J connectivity index is 1.88. The molecule has 5 nitrogen and oxygen atoms in total. The molecule has 0 aliphatic carbocycles. The van der Waals surface area contributed by atoms with E-state index < -0.39 is 0 Å². The summed E-state index contributed by atoms with van der Waals surface area (Å²) in [6, 6.07) is 10.1. The highest BCUT2D eigenvalue weighted by Crippen LogP contribution is 2.36. The molecule has 1 N–H and O–H groups in total. The van der Waals surface area contributed by atoms with Gasteiger partial charge in [-0.25, -0.2) is 4.98 Å². The van der Waals surface area contributed by atoms with E-state index >= 15 is 0 Å². The monoisotopic (exact) mass is 340 g/mol. The maximum absolute atomic E-state index is 12.4. The molecule has 0 spiro atoms. The second kappa shape index (κ2) is 6.97. The van der Waals surface area contributed by atoms with Crippen LogP contribution >= 0.6 is 11.3 Å². The molecular formula is C18H20N4OS. The Morgan fingerprint density at radius 2 is 2.04 bits per heavy atom. The molecule has 0 atom stereocenters. The van der Waals surface area contributed by atoms with Crippen molar-refractivity contribution in [2.24, 2.45) is 0 Å². The van der Waals surface area contributed by atoms with Crippen LogP contribution in [0.4, 0.5) is 5.13 Å². The van der Waals surface area contributed by atoms with Gasteiger partial charge in [0.15, 0.2) is 5.13 Å². The molecule has 1 aromatic carbocycles. The van der Waals surface area contributed by atoms with Crippen molar-refractivity contribution in [2.75, 3.05) is 5.32 Å². The summed E-state index contributed by atoms with van der Waals surface area (Å²) in [6.07, 6.45) is 3.32. The van der Waals surface area contributed by atoms with E-state index in [1.807, 2.05) is 37.3 Å². The second-order valence-corrected chi connectivity index (χ2v) is 6.82. The third-order valence-electron chi connectivity index (χ3n) is 3.66. The lowest BCUT2D eigenvalue weighted by Gasteiger charge is -2.04. The molecule has 2 heterocycles. The number of carbonyl (C=O) groups excluding carboxylic acids is 1. The zero-order valence-corrected chi connectivity index (χ0v) is 14.8. The molecule has 0 radical (unpaired) electrons. The Bertz CT molecular complexity index is 836. The molecule has 124 valence electrons. The van der Waals surface area contributed by atoms with Crippen LogP contribution < -0.4 is 5.32 Å². The highest BCUT2D eigenvalue weighted by Gasteiger charge is 2.18. The van der Waals surface area contributed by atoms with Crippen molar-refractivity contribution in [3.05, 3.63) is 53.2 Å². The van der Waals surface area contributed by atoms with Gasteiger partial charge in [-0.2, -0.15) is 5.10 Å². The lowest BCUT2D eigenvalue weighted by Crippen LogP contribution is -2.10. The van der Waals surface area contributed by atoms with Gasteiger partial charge in [0.2, 0.25) is 0 Å². The number of aryl methyl sites for hydroxylation is 1. The van der Waals surface area contributed by atoms with Gasteiger partial charge in [0.1, 0.15) is 0 Å². The van der Waals surface area contributed by atoms with Crippen molar-refractivity contribution < 1.29 is 4.79 Å². The van der Waals surface area contributed by atoms with E-state index in [1.54, 1.807) is 17.1 Å². The zero-order valence-electron chi connectivity index (χ0n) is 14.0. The van der Waals surface area contributed by atoms with Crippen LogP contribution in [0.25, 0.3) is 11.3 Å². The summed E-state index contributed by atoms with van der Waals surface area (Å²) in [5.74, 6) is 0.157. The molecular weight excluding hydrogens is 320 g/mol. The second-order valence-electron chi connectivity index (χ2n) is 5.79. The average molecular weight is 340 g/mol. The fraction of sp³-hybridized carbons (Fsp3) is 0.278. The summed E-state index contributed by atoms with van der Waals surface area (Å²) in [6.45, 7) is 6.99. The zero-order chi connectivity index (χ0) is 17.1. The van der Waals surface area contributed by atoms with Gasteiger partial charge in [-0.3, -0.25) is 14.8 Å². The summed E-state index contributed by atoms with van der Waals surface area (Å²) in [5, 5.41) is 7.65. The van der Waals surface area contributed by atoms with Gasteiger partial charge in [-0.05, 0) is 12.8 Å². The number of amides is 1. The van der Waals surface area contributed by atoms with Gasteiger partial charge in [0.05, 0.1) is 17.5 Å². The van der Waals surface area contributed by atoms with Crippen LogP contribution in [0.3, 0.4) is 0 Å². The van der Waals surface area contributed by atoms with Crippen LogP contribution in [0.1, 0.15) is 41.9 Å². The van der Waals surface area contributed by atoms with Crippen LogP contribution in [0, 0.1) is 0 Å². The molecule has 3 rings (SSSR count). The van der Waals surface area contributed by atoms with Crippen molar-refractivity contribution in [3.63, 3.8) is 0 Å². The van der Waals surface area contributed by atoms with E-state index in [9.17, 15) is 4.79 Å². The SMILES string of the molecule is CCn1cc(C(=O)Nc2nc(-c3ccccc3)c(C(C)C)s2)cn1. The van der Waals surface area contributed by atoms with Crippen molar-refractivity contribution in [1.82, 2.24) is 14.8 Å². The number of thiazole rings is 1. The first-order valence-electron chi connectivity index (χ1n) is 7.98. The molecule has 2 aromatic heterocycles. The van der Waals surface area contributed by atoms with Gasteiger partial charge >= 0.3 is 0 Å². The summed E-state index contributed by atoms with van der Waals surface area (Å²) in [4.78, 5) is 18.2. The van der Waals surface area contributed by atoms with E-state index in [2.05, 4.69) is 29.2 Å². The topological polar surface area (TPSA) is 59.8 Å². The maximum atomic E-state index is 12.4. The van der Waals surface area contributed by atoms with Gasteiger partial charge in [0.25, 0.3) is 5.91 Å². The van der Waals surface area contributed by atoms with E-state index in [0.29, 0.717) is 16.6 Å². The van der Waals surface area contributed by atoms with Gasteiger partial charge in [0, 0.05) is 23.2 Å². The van der Waals surface area contributed by atoms with Crippen LogP contribution in [-0.2, 0) is 6.54 Å². The first-order valence-corrected chi connectivity index (χ1v) is 8.80. The van der Waals surface area contributed by atoms with Crippen LogP contribution in [0.15, 0.2) is 42.7 Å². The number of hydrogen-bond acceptors (Lipinski definition) is 4. The summed E-state index contributed by atoms with van der Waals surface area (Å²) in [7, 11) is 0. The first-order chi connectivity index (χ1) is 11.6. The lowest BCUT2D eigenvalue weighted by molar-refractivity contribution is 0.102. The Morgan fingerprint density at radius 3 is 2.67 bits per heavy atom. The minimum Gasteiger partial charge on any atom is -0.298 e. The minimum absolute atomic E-state index is 0.182.